The van der Waals surface area contributed by atoms with E-state index in [-0.39, 0.29) is 17.6 Å². The van der Waals surface area contributed by atoms with Crippen LogP contribution in [0.5, 0.6) is 5.75 Å². The highest BCUT2D eigenvalue weighted by Gasteiger charge is 2.10. The van der Waals surface area contributed by atoms with Crippen LogP contribution in [0.25, 0.3) is 0 Å². The molecule has 5 heteroatoms. The van der Waals surface area contributed by atoms with Gasteiger partial charge in [0.05, 0.1) is 19.0 Å². The molecular formula is C13H16FN3O. The van der Waals surface area contributed by atoms with Crippen LogP contribution < -0.4 is 10.1 Å². The van der Waals surface area contributed by atoms with Gasteiger partial charge in [0.1, 0.15) is 0 Å². The first kappa shape index (κ1) is 12.4. The van der Waals surface area contributed by atoms with Gasteiger partial charge < -0.3 is 10.1 Å². The number of anilines is 1. The second-order valence-corrected chi connectivity index (χ2v) is 4.16. The molecule has 1 aromatic carbocycles. The van der Waals surface area contributed by atoms with Crippen LogP contribution in [-0.2, 0) is 7.05 Å². The highest BCUT2D eigenvalue weighted by atomic mass is 19.1. The third-order valence-corrected chi connectivity index (χ3v) is 2.76. The fourth-order valence-corrected chi connectivity index (χ4v) is 1.77. The lowest BCUT2D eigenvalue weighted by atomic mass is 10.1. The molecule has 2 aromatic rings. The molecule has 1 aromatic heterocycles. The van der Waals surface area contributed by atoms with E-state index < -0.39 is 0 Å². The summed E-state index contributed by atoms with van der Waals surface area (Å²) >= 11 is 0. The zero-order valence-electron chi connectivity index (χ0n) is 10.6. The summed E-state index contributed by atoms with van der Waals surface area (Å²) in [6.07, 6.45) is 3.63. The lowest BCUT2D eigenvalue weighted by Gasteiger charge is -2.15. The molecule has 0 aliphatic carbocycles. The first-order valence-corrected chi connectivity index (χ1v) is 5.69. The van der Waals surface area contributed by atoms with Crippen LogP contribution >= 0.6 is 0 Å². The van der Waals surface area contributed by atoms with Gasteiger partial charge in [-0.1, -0.05) is 6.07 Å². The smallest absolute Gasteiger partial charge is 0.165 e. The lowest BCUT2D eigenvalue weighted by molar-refractivity contribution is 0.385. The topological polar surface area (TPSA) is 39.1 Å². The van der Waals surface area contributed by atoms with Crippen LogP contribution in [0.3, 0.4) is 0 Å². The quantitative estimate of drug-likeness (QED) is 0.905. The van der Waals surface area contributed by atoms with E-state index in [0.29, 0.717) is 0 Å². The number of aromatic nitrogens is 2. The number of hydrogen-bond acceptors (Lipinski definition) is 3. The van der Waals surface area contributed by atoms with Crippen molar-refractivity contribution in [3.8, 4) is 5.75 Å². The van der Waals surface area contributed by atoms with Crippen molar-refractivity contribution < 1.29 is 9.13 Å². The Balaban J connectivity index is 2.15. The van der Waals surface area contributed by atoms with E-state index in [1.165, 1.54) is 13.2 Å². The summed E-state index contributed by atoms with van der Waals surface area (Å²) in [6.45, 7) is 2.00. The summed E-state index contributed by atoms with van der Waals surface area (Å²) in [5.41, 5.74) is 1.88. The van der Waals surface area contributed by atoms with Gasteiger partial charge in [0.25, 0.3) is 0 Å². The van der Waals surface area contributed by atoms with Gasteiger partial charge >= 0.3 is 0 Å². The average molecular weight is 249 g/mol. The lowest BCUT2D eigenvalue weighted by Crippen LogP contribution is -2.06. The fraction of sp³-hybridized carbons (Fsp3) is 0.308. The van der Waals surface area contributed by atoms with Crippen LogP contribution in [0.2, 0.25) is 0 Å². The molecule has 1 N–H and O–H groups in total. The molecule has 0 saturated carbocycles. The maximum absolute atomic E-state index is 13.3. The molecule has 0 bridgehead atoms. The Kier molecular flexibility index (Phi) is 3.50. The fourth-order valence-electron chi connectivity index (χ4n) is 1.77. The van der Waals surface area contributed by atoms with Crippen molar-refractivity contribution >= 4 is 5.69 Å². The van der Waals surface area contributed by atoms with Gasteiger partial charge in [-0.25, -0.2) is 4.39 Å². The van der Waals surface area contributed by atoms with Crippen LogP contribution in [0.15, 0.2) is 30.6 Å². The van der Waals surface area contributed by atoms with Gasteiger partial charge in [-0.2, -0.15) is 5.10 Å². The molecule has 0 amide bonds. The normalized spacial score (nSPS) is 12.2. The van der Waals surface area contributed by atoms with Crippen LogP contribution in [0, 0.1) is 5.82 Å². The molecule has 1 atom stereocenters. The highest BCUT2D eigenvalue weighted by Crippen LogP contribution is 2.24. The molecule has 0 radical (unpaired) electrons. The molecule has 0 aliphatic rings. The predicted octanol–water partition coefficient (Wildman–Crippen LogP) is 2.74. The number of hydrogen-bond donors (Lipinski definition) is 1. The largest absolute Gasteiger partial charge is 0.494 e. The molecule has 4 nitrogen and oxygen atoms in total. The second-order valence-electron chi connectivity index (χ2n) is 4.16. The van der Waals surface area contributed by atoms with Crippen LogP contribution in [-0.4, -0.2) is 16.9 Å². The van der Waals surface area contributed by atoms with E-state index in [9.17, 15) is 4.39 Å². The second kappa shape index (κ2) is 5.08. The van der Waals surface area contributed by atoms with Gasteiger partial charge in [0.2, 0.25) is 0 Å². The minimum absolute atomic E-state index is 0.0451. The van der Waals surface area contributed by atoms with Crippen molar-refractivity contribution in [3.63, 3.8) is 0 Å². The maximum Gasteiger partial charge on any atom is 0.165 e. The van der Waals surface area contributed by atoms with Crippen LogP contribution in [0.4, 0.5) is 10.1 Å². The molecule has 1 unspecified atom stereocenters. The molecule has 18 heavy (non-hydrogen) atoms. The summed E-state index contributed by atoms with van der Waals surface area (Å²) in [7, 11) is 3.32. The van der Waals surface area contributed by atoms with Crippen molar-refractivity contribution in [1.29, 1.82) is 0 Å². The standard InChI is InChI=1S/C13H16FN3O/c1-9(16-11-7-15-17(2)8-11)10-4-5-12(14)13(6-10)18-3/h4-9,16H,1-3H3. The Bertz CT molecular complexity index is 539. The van der Waals surface area contributed by atoms with Crippen molar-refractivity contribution in [3.05, 3.63) is 42.0 Å². The van der Waals surface area contributed by atoms with E-state index >= 15 is 0 Å². The number of benzene rings is 1. The molecule has 96 valence electrons. The van der Waals surface area contributed by atoms with E-state index in [2.05, 4.69) is 10.4 Å². The molecule has 0 saturated heterocycles. The molecule has 0 spiro atoms. The minimum atomic E-state index is -0.352. The number of rotatable bonds is 4. The Morgan fingerprint density at radius 3 is 2.83 bits per heavy atom. The van der Waals surface area contributed by atoms with E-state index in [1.54, 1.807) is 23.0 Å². The summed E-state index contributed by atoms with van der Waals surface area (Å²) < 4.78 is 20.0. The minimum Gasteiger partial charge on any atom is -0.494 e. The Labute approximate surface area is 105 Å². The van der Waals surface area contributed by atoms with Gasteiger partial charge in [0, 0.05) is 19.3 Å². The van der Waals surface area contributed by atoms with Crippen molar-refractivity contribution in [2.75, 3.05) is 12.4 Å². The zero-order valence-corrected chi connectivity index (χ0v) is 10.6. The number of nitrogens with one attached hydrogen (secondary N) is 1. The van der Waals surface area contributed by atoms with E-state index in [4.69, 9.17) is 4.74 Å². The molecule has 0 fully saturated rings. The molecule has 1 heterocycles. The number of ether oxygens (including phenoxy) is 1. The monoisotopic (exact) mass is 249 g/mol. The van der Waals surface area contributed by atoms with Crippen molar-refractivity contribution in [1.82, 2.24) is 9.78 Å². The number of halogens is 1. The summed E-state index contributed by atoms with van der Waals surface area (Å²) in [5, 5.41) is 7.37. The number of nitrogens with zero attached hydrogens (tertiary/aromatic N) is 2. The average Bonchev–Trinajstić information content (AvgIpc) is 2.75. The van der Waals surface area contributed by atoms with Gasteiger partial charge in [-0.05, 0) is 24.6 Å². The summed E-state index contributed by atoms with van der Waals surface area (Å²) in [5.74, 6) is -0.0952. The van der Waals surface area contributed by atoms with Gasteiger partial charge in [-0.15, -0.1) is 0 Å². The third-order valence-electron chi connectivity index (χ3n) is 2.76. The number of aryl methyl sites for hydroxylation is 1. The summed E-state index contributed by atoms with van der Waals surface area (Å²) in [4.78, 5) is 0. The Morgan fingerprint density at radius 1 is 1.44 bits per heavy atom. The SMILES string of the molecule is COc1cc(C(C)Nc2cnn(C)c2)ccc1F. The molecular weight excluding hydrogens is 233 g/mol. The van der Waals surface area contributed by atoms with Gasteiger partial charge in [-0.3, -0.25) is 4.68 Å². The first-order valence-electron chi connectivity index (χ1n) is 5.69. The van der Waals surface area contributed by atoms with Crippen LogP contribution in [0.1, 0.15) is 18.5 Å². The highest BCUT2D eigenvalue weighted by molar-refractivity contribution is 5.42. The Morgan fingerprint density at radius 2 is 2.22 bits per heavy atom. The zero-order chi connectivity index (χ0) is 13.1. The van der Waals surface area contributed by atoms with Gasteiger partial charge in [0.15, 0.2) is 11.6 Å². The van der Waals surface area contributed by atoms with Crippen molar-refractivity contribution in [2.45, 2.75) is 13.0 Å². The molecule has 2 rings (SSSR count). The van der Waals surface area contributed by atoms with Crippen molar-refractivity contribution in [2.24, 2.45) is 7.05 Å². The Hall–Kier alpha value is -2.04. The number of methoxy groups -OCH3 is 1. The molecule has 0 aliphatic heterocycles. The third kappa shape index (κ3) is 2.61. The summed E-state index contributed by atoms with van der Waals surface area (Å²) in [6, 6.07) is 4.90. The maximum atomic E-state index is 13.3. The van der Waals surface area contributed by atoms with E-state index in [0.717, 1.165) is 11.3 Å². The van der Waals surface area contributed by atoms with E-state index in [1.807, 2.05) is 20.2 Å². The first-order chi connectivity index (χ1) is 8.60. The predicted molar refractivity (Wildman–Crippen MR) is 68.2 cm³/mol.